The SMILES string of the molecule is NC(=S)CCN(C(=O)c1ccc(O)cc1O)C1CC1. The molecule has 0 unspecified atom stereocenters. The maximum absolute atomic E-state index is 12.4. The Bertz CT molecular complexity index is 515. The van der Waals surface area contributed by atoms with Crippen molar-refractivity contribution in [1.82, 2.24) is 4.90 Å². The molecule has 1 amide bonds. The molecule has 1 aromatic carbocycles. The summed E-state index contributed by atoms with van der Waals surface area (Å²) in [4.78, 5) is 14.4. The number of thiocarbonyl (C=S) groups is 1. The maximum atomic E-state index is 12.4. The van der Waals surface area contributed by atoms with Crippen LogP contribution in [0.4, 0.5) is 0 Å². The smallest absolute Gasteiger partial charge is 0.257 e. The van der Waals surface area contributed by atoms with E-state index in [-0.39, 0.29) is 29.0 Å². The van der Waals surface area contributed by atoms with Gasteiger partial charge in [-0.15, -0.1) is 0 Å². The first-order valence-corrected chi connectivity index (χ1v) is 6.51. The van der Waals surface area contributed by atoms with Crippen LogP contribution in [0.5, 0.6) is 11.5 Å². The molecule has 0 radical (unpaired) electrons. The molecule has 1 aliphatic rings. The van der Waals surface area contributed by atoms with Gasteiger partial charge in [-0.3, -0.25) is 4.79 Å². The molecule has 0 aromatic heterocycles. The van der Waals surface area contributed by atoms with E-state index in [9.17, 15) is 15.0 Å². The van der Waals surface area contributed by atoms with Gasteiger partial charge in [0.1, 0.15) is 11.5 Å². The fourth-order valence-electron chi connectivity index (χ4n) is 1.92. The molecule has 1 aromatic rings. The van der Waals surface area contributed by atoms with Gasteiger partial charge in [0.25, 0.3) is 5.91 Å². The van der Waals surface area contributed by atoms with Crippen molar-refractivity contribution in [2.24, 2.45) is 5.73 Å². The highest BCUT2D eigenvalue weighted by molar-refractivity contribution is 7.80. The summed E-state index contributed by atoms with van der Waals surface area (Å²) in [5.41, 5.74) is 5.65. The third-order valence-corrected chi connectivity index (χ3v) is 3.26. The molecule has 4 N–H and O–H groups in total. The number of carbonyl (C=O) groups excluding carboxylic acids is 1. The molecule has 0 aliphatic heterocycles. The zero-order valence-corrected chi connectivity index (χ0v) is 11.2. The summed E-state index contributed by atoms with van der Waals surface area (Å²) in [6, 6.07) is 4.16. The fraction of sp³-hybridized carbons (Fsp3) is 0.385. The number of nitrogens with two attached hydrogens (primary N) is 1. The minimum atomic E-state index is -0.253. The summed E-state index contributed by atoms with van der Waals surface area (Å²) < 4.78 is 0. The summed E-state index contributed by atoms with van der Waals surface area (Å²) in [5.74, 6) is -0.544. The van der Waals surface area contributed by atoms with Crippen LogP contribution in [0.3, 0.4) is 0 Å². The molecule has 1 aliphatic carbocycles. The molecule has 19 heavy (non-hydrogen) atoms. The van der Waals surface area contributed by atoms with Crippen molar-refractivity contribution in [1.29, 1.82) is 0 Å². The van der Waals surface area contributed by atoms with Crippen LogP contribution < -0.4 is 5.73 Å². The third-order valence-electron chi connectivity index (χ3n) is 3.06. The number of phenolic OH excluding ortho intramolecular Hbond substituents is 2. The largest absolute Gasteiger partial charge is 0.508 e. The van der Waals surface area contributed by atoms with E-state index in [1.54, 1.807) is 4.90 Å². The second-order valence-corrected chi connectivity index (χ2v) is 5.17. The molecule has 0 saturated heterocycles. The number of nitrogens with zero attached hydrogens (tertiary/aromatic N) is 1. The van der Waals surface area contributed by atoms with Gasteiger partial charge in [-0.25, -0.2) is 0 Å². The second-order valence-electron chi connectivity index (χ2n) is 4.65. The Hall–Kier alpha value is -1.82. The van der Waals surface area contributed by atoms with E-state index in [0.717, 1.165) is 18.9 Å². The molecular formula is C13H16N2O3S. The average Bonchev–Trinajstić information content (AvgIpc) is 3.13. The average molecular weight is 280 g/mol. The first-order valence-electron chi connectivity index (χ1n) is 6.10. The number of hydrogen-bond donors (Lipinski definition) is 3. The zero-order valence-electron chi connectivity index (χ0n) is 10.4. The van der Waals surface area contributed by atoms with E-state index >= 15 is 0 Å². The first-order chi connectivity index (χ1) is 8.99. The van der Waals surface area contributed by atoms with Crippen LogP contribution in [0.15, 0.2) is 18.2 Å². The summed E-state index contributed by atoms with van der Waals surface area (Å²) >= 11 is 4.82. The Kier molecular flexibility index (Phi) is 3.90. The topological polar surface area (TPSA) is 86.8 Å². The van der Waals surface area contributed by atoms with E-state index < -0.39 is 0 Å². The van der Waals surface area contributed by atoms with Crippen molar-refractivity contribution in [2.45, 2.75) is 25.3 Å². The standard InChI is InChI=1S/C13H16N2O3S/c14-12(19)5-6-15(8-1-2-8)13(18)10-4-3-9(16)7-11(10)17/h3-4,7-8,16-17H,1-2,5-6H2,(H2,14,19). The van der Waals surface area contributed by atoms with E-state index in [4.69, 9.17) is 18.0 Å². The van der Waals surface area contributed by atoms with Crippen molar-refractivity contribution in [2.75, 3.05) is 6.54 Å². The van der Waals surface area contributed by atoms with E-state index in [2.05, 4.69) is 0 Å². The quantitative estimate of drug-likeness (QED) is 0.709. The van der Waals surface area contributed by atoms with Crippen LogP contribution in [-0.2, 0) is 0 Å². The molecule has 1 saturated carbocycles. The lowest BCUT2D eigenvalue weighted by Gasteiger charge is -2.22. The number of amides is 1. The highest BCUT2D eigenvalue weighted by Crippen LogP contribution is 2.31. The highest BCUT2D eigenvalue weighted by Gasteiger charge is 2.33. The summed E-state index contributed by atoms with van der Waals surface area (Å²) in [6.45, 7) is 0.457. The lowest BCUT2D eigenvalue weighted by atomic mass is 10.1. The van der Waals surface area contributed by atoms with E-state index in [1.807, 2.05) is 0 Å². The van der Waals surface area contributed by atoms with Crippen molar-refractivity contribution in [3.63, 3.8) is 0 Å². The van der Waals surface area contributed by atoms with Crippen LogP contribution in [0.25, 0.3) is 0 Å². The van der Waals surface area contributed by atoms with Gasteiger partial charge in [0, 0.05) is 25.1 Å². The molecule has 0 heterocycles. The van der Waals surface area contributed by atoms with E-state index in [0.29, 0.717) is 18.0 Å². The molecule has 5 nitrogen and oxygen atoms in total. The number of phenols is 2. The number of benzene rings is 1. The lowest BCUT2D eigenvalue weighted by Crippen LogP contribution is -2.35. The van der Waals surface area contributed by atoms with Crippen LogP contribution in [0.1, 0.15) is 29.6 Å². The van der Waals surface area contributed by atoms with Gasteiger partial charge in [-0.05, 0) is 25.0 Å². The van der Waals surface area contributed by atoms with Gasteiger partial charge in [-0.1, -0.05) is 12.2 Å². The zero-order chi connectivity index (χ0) is 14.0. The Morgan fingerprint density at radius 1 is 1.42 bits per heavy atom. The van der Waals surface area contributed by atoms with Crippen LogP contribution in [0, 0.1) is 0 Å². The molecule has 6 heteroatoms. The molecule has 0 bridgehead atoms. The van der Waals surface area contributed by atoms with E-state index in [1.165, 1.54) is 12.1 Å². The Balaban J connectivity index is 2.16. The Labute approximate surface area is 116 Å². The summed E-state index contributed by atoms with van der Waals surface area (Å²) in [7, 11) is 0. The second kappa shape index (κ2) is 5.44. The minimum absolute atomic E-state index is 0.0739. The van der Waals surface area contributed by atoms with Crippen LogP contribution >= 0.6 is 12.2 Å². The van der Waals surface area contributed by atoms with Crippen molar-refractivity contribution >= 4 is 23.1 Å². The summed E-state index contributed by atoms with van der Waals surface area (Å²) in [6.07, 6.45) is 2.39. The van der Waals surface area contributed by atoms with Crippen LogP contribution in [0.2, 0.25) is 0 Å². The van der Waals surface area contributed by atoms with Crippen molar-refractivity contribution in [3.8, 4) is 11.5 Å². The predicted octanol–water partition coefficient (Wildman–Crippen LogP) is 1.38. The Morgan fingerprint density at radius 2 is 2.11 bits per heavy atom. The van der Waals surface area contributed by atoms with Gasteiger partial charge in [0.15, 0.2) is 0 Å². The van der Waals surface area contributed by atoms with Gasteiger partial charge in [-0.2, -0.15) is 0 Å². The number of rotatable bonds is 5. The van der Waals surface area contributed by atoms with Crippen LogP contribution in [-0.4, -0.2) is 38.6 Å². The molecule has 0 spiro atoms. The molecule has 2 rings (SSSR count). The monoisotopic (exact) mass is 280 g/mol. The predicted molar refractivity (Wildman–Crippen MR) is 75.2 cm³/mol. The number of aromatic hydroxyl groups is 2. The fourth-order valence-corrected chi connectivity index (χ4v) is 2.01. The minimum Gasteiger partial charge on any atom is -0.508 e. The van der Waals surface area contributed by atoms with Crippen molar-refractivity contribution in [3.05, 3.63) is 23.8 Å². The number of carbonyl (C=O) groups is 1. The Morgan fingerprint density at radius 3 is 2.63 bits per heavy atom. The first kappa shape index (κ1) is 13.6. The molecule has 0 atom stereocenters. The third kappa shape index (κ3) is 3.35. The normalized spacial score (nSPS) is 14.1. The highest BCUT2D eigenvalue weighted by atomic mass is 32.1. The lowest BCUT2D eigenvalue weighted by molar-refractivity contribution is 0.0745. The molecule has 1 fully saturated rings. The number of hydrogen-bond acceptors (Lipinski definition) is 4. The van der Waals surface area contributed by atoms with Gasteiger partial charge < -0.3 is 20.8 Å². The summed E-state index contributed by atoms with van der Waals surface area (Å²) in [5, 5.41) is 19.0. The maximum Gasteiger partial charge on any atom is 0.257 e. The van der Waals surface area contributed by atoms with Gasteiger partial charge in [0.05, 0.1) is 10.6 Å². The van der Waals surface area contributed by atoms with Gasteiger partial charge >= 0.3 is 0 Å². The van der Waals surface area contributed by atoms with Crippen molar-refractivity contribution < 1.29 is 15.0 Å². The molecule has 102 valence electrons. The van der Waals surface area contributed by atoms with Gasteiger partial charge in [0.2, 0.25) is 0 Å². The molecular weight excluding hydrogens is 264 g/mol.